The van der Waals surface area contributed by atoms with Crippen molar-refractivity contribution in [1.29, 1.82) is 5.26 Å². The minimum Gasteiger partial charge on any atom is -0.221 e. The fourth-order valence-electron chi connectivity index (χ4n) is 0.347. The van der Waals surface area contributed by atoms with Crippen molar-refractivity contribution in [3.05, 3.63) is 0 Å². The molecule has 0 radical (unpaired) electrons. The maximum Gasteiger partial charge on any atom is 0.195 e. The first-order chi connectivity index (χ1) is 3.81. The fraction of sp³-hybridized carbons (Fsp3) is 0.800. The molecule has 0 saturated carbocycles. The third kappa shape index (κ3) is 3.76. The van der Waals surface area contributed by atoms with Crippen molar-refractivity contribution in [2.24, 2.45) is 0 Å². The third-order valence-corrected chi connectivity index (χ3v) is 1.06. The van der Waals surface area contributed by atoms with Gasteiger partial charge in [-0.1, -0.05) is 13.3 Å². The monoisotopic (exact) mass is 132 g/mol. The molecule has 0 aliphatic rings. The Balaban J connectivity index is 3.02. The van der Waals surface area contributed by atoms with E-state index in [4.69, 9.17) is 17.0 Å². The summed E-state index contributed by atoms with van der Waals surface area (Å²) in [6.07, 6.45) is 3.86. The predicted molar refractivity (Wildman–Crippen MR) is 33.1 cm³/mol. The van der Waals surface area contributed by atoms with Crippen molar-refractivity contribution in [2.45, 2.75) is 19.8 Å². The summed E-state index contributed by atoms with van der Waals surface area (Å²) in [5.41, 5.74) is 0. The number of nitrogens with zero attached hydrogens (tertiary/aromatic N) is 2. The largest absolute Gasteiger partial charge is 0.221 e. The van der Waals surface area contributed by atoms with E-state index in [0.717, 1.165) is 17.3 Å². The van der Waals surface area contributed by atoms with E-state index in [1.54, 1.807) is 6.19 Å². The molecule has 0 aromatic rings. The van der Waals surface area contributed by atoms with E-state index in [1.807, 2.05) is 0 Å². The number of halogens is 1. The average molecular weight is 133 g/mol. The minimum atomic E-state index is 0.661. The van der Waals surface area contributed by atoms with Crippen LogP contribution in [0.15, 0.2) is 0 Å². The molecule has 0 fully saturated rings. The van der Waals surface area contributed by atoms with E-state index in [1.165, 1.54) is 0 Å². The number of unbranched alkanes of at least 4 members (excludes halogenated alkanes) is 1. The van der Waals surface area contributed by atoms with Crippen LogP contribution in [0.5, 0.6) is 0 Å². The van der Waals surface area contributed by atoms with Crippen LogP contribution in [0.4, 0.5) is 0 Å². The van der Waals surface area contributed by atoms with Crippen LogP contribution in [-0.4, -0.2) is 11.0 Å². The first kappa shape index (κ1) is 7.58. The van der Waals surface area contributed by atoms with Crippen LogP contribution >= 0.6 is 11.8 Å². The van der Waals surface area contributed by atoms with Crippen LogP contribution in [0.1, 0.15) is 19.8 Å². The van der Waals surface area contributed by atoms with Gasteiger partial charge in [-0.05, 0) is 6.42 Å². The summed E-state index contributed by atoms with van der Waals surface area (Å²) in [4.78, 5) is 0. The van der Waals surface area contributed by atoms with Crippen molar-refractivity contribution >= 4 is 11.8 Å². The second-order valence-electron chi connectivity index (χ2n) is 1.54. The molecule has 0 aliphatic heterocycles. The van der Waals surface area contributed by atoms with E-state index in [0.29, 0.717) is 6.54 Å². The second-order valence-corrected chi connectivity index (χ2v) is 1.95. The quantitative estimate of drug-likeness (QED) is 0.332. The van der Waals surface area contributed by atoms with Crippen LogP contribution in [0, 0.1) is 11.5 Å². The third-order valence-electron chi connectivity index (χ3n) is 0.816. The molecule has 0 unspecified atom stereocenters. The van der Waals surface area contributed by atoms with Crippen LogP contribution < -0.4 is 0 Å². The molecule has 0 rings (SSSR count). The maximum atomic E-state index is 8.11. The molecule has 0 spiro atoms. The van der Waals surface area contributed by atoms with E-state index < -0.39 is 0 Å². The molecule has 0 heterocycles. The lowest BCUT2D eigenvalue weighted by atomic mass is 10.3. The smallest absolute Gasteiger partial charge is 0.195 e. The molecule has 46 valence electrons. The molecule has 0 N–H and O–H groups in total. The Kier molecular flexibility index (Phi) is 4.48. The van der Waals surface area contributed by atoms with Gasteiger partial charge in [0.2, 0.25) is 0 Å². The lowest BCUT2D eigenvalue weighted by Gasteiger charge is -2.00. The van der Waals surface area contributed by atoms with Crippen molar-refractivity contribution in [2.75, 3.05) is 6.54 Å². The van der Waals surface area contributed by atoms with Gasteiger partial charge in [0.05, 0.1) is 0 Å². The summed E-state index contributed by atoms with van der Waals surface area (Å²) >= 11 is 5.32. The molecule has 8 heavy (non-hydrogen) atoms. The van der Waals surface area contributed by atoms with Gasteiger partial charge >= 0.3 is 0 Å². The lowest BCUT2D eigenvalue weighted by Crippen LogP contribution is -2.04. The molecule has 0 bridgehead atoms. The number of hydrogen-bond donors (Lipinski definition) is 0. The highest BCUT2D eigenvalue weighted by Gasteiger charge is 1.91. The summed E-state index contributed by atoms with van der Waals surface area (Å²) < 4.78 is 1.11. The van der Waals surface area contributed by atoms with Gasteiger partial charge in [-0.3, -0.25) is 0 Å². The zero-order valence-electron chi connectivity index (χ0n) is 4.89. The summed E-state index contributed by atoms with van der Waals surface area (Å²) in [7, 11) is 0. The second kappa shape index (κ2) is 4.73. The molecular weight excluding hydrogens is 124 g/mol. The van der Waals surface area contributed by atoms with Crippen molar-refractivity contribution in [3.8, 4) is 6.19 Å². The highest BCUT2D eigenvalue weighted by Crippen LogP contribution is 1.94. The minimum absolute atomic E-state index is 0.661. The predicted octanol–water partition coefficient (Wildman–Crippen LogP) is 1.72. The molecule has 0 saturated heterocycles. The highest BCUT2D eigenvalue weighted by atomic mass is 35.5. The topological polar surface area (TPSA) is 27.0 Å². The molecule has 0 aliphatic carbocycles. The van der Waals surface area contributed by atoms with Crippen LogP contribution in [0.2, 0.25) is 0 Å². The van der Waals surface area contributed by atoms with Gasteiger partial charge in [-0.15, -0.1) is 0 Å². The normalized spacial score (nSPS) is 8.12. The molecule has 2 nitrogen and oxygen atoms in total. The van der Waals surface area contributed by atoms with Gasteiger partial charge in [0.15, 0.2) is 6.19 Å². The molecule has 0 aromatic heterocycles. The van der Waals surface area contributed by atoms with E-state index in [2.05, 4.69) is 6.92 Å². The Morgan fingerprint density at radius 3 is 2.75 bits per heavy atom. The Bertz CT molecular complexity index is 86.9. The van der Waals surface area contributed by atoms with Crippen LogP contribution in [0.25, 0.3) is 0 Å². The molecule has 0 atom stereocenters. The van der Waals surface area contributed by atoms with E-state index in [9.17, 15) is 0 Å². The number of rotatable bonds is 3. The number of hydrogen-bond acceptors (Lipinski definition) is 2. The molecule has 0 amide bonds. The zero-order chi connectivity index (χ0) is 6.41. The molecular formula is C5H9ClN2. The van der Waals surface area contributed by atoms with Gasteiger partial charge in [-0.25, -0.2) is 4.42 Å². The Labute approximate surface area is 54.8 Å². The van der Waals surface area contributed by atoms with Gasteiger partial charge < -0.3 is 0 Å². The summed E-state index contributed by atoms with van der Waals surface area (Å²) in [5.74, 6) is 0. The fourth-order valence-corrected chi connectivity index (χ4v) is 0.466. The Hall–Kier alpha value is -0.420. The maximum absolute atomic E-state index is 8.11. The average Bonchev–Trinajstić information content (AvgIpc) is 1.83. The summed E-state index contributed by atoms with van der Waals surface area (Å²) in [6, 6.07) is 0. The highest BCUT2D eigenvalue weighted by molar-refractivity contribution is 6.14. The van der Waals surface area contributed by atoms with Crippen molar-refractivity contribution in [3.63, 3.8) is 0 Å². The van der Waals surface area contributed by atoms with Gasteiger partial charge in [-0.2, -0.15) is 5.26 Å². The standard InChI is InChI=1S/C5H9ClN2/c1-2-3-4-8(6)5-7/h2-4H2,1H3. The van der Waals surface area contributed by atoms with Crippen LogP contribution in [-0.2, 0) is 0 Å². The lowest BCUT2D eigenvalue weighted by molar-refractivity contribution is 0.579. The molecule has 3 heteroatoms. The Morgan fingerprint density at radius 2 is 2.38 bits per heavy atom. The molecule has 0 aromatic carbocycles. The van der Waals surface area contributed by atoms with E-state index in [-0.39, 0.29) is 0 Å². The van der Waals surface area contributed by atoms with Gasteiger partial charge in [0.1, 0.15) is 0 Å². The first-order valence-corrected chi connectivity index (χ1v) is 2.98. The summed E-state index contributed by atoms with van der Waals surface area (Å²) in [5, 5.41) is 8.11. The first-order valence-electron chi connectivity index (χ1n) is 2.64. The van der Waals surface area contributed by atoms with Crippen molar-refractivity contribution in [1.82, 2.24) is 4.42 Å². The van der Waals surface area contributed by atoms with Crippen molar-refractivity contribution < 1.29 is 0 Å². The number of nitriles is 1. The SMILES string of the molecule is CCCCN(Cl)C#N. The Morgan fingerprint density at radius 1 is 1.75 bits per heavy atom. The summed E-state index contributed by atoms with van der Waals surface area (Å²) in [6.45, 7) is 2.72. The zero-order valence-corrected chi connectivity index (χ0v) is 5.65. The van der Waals surface area contributed by atoms with Crippen LogP contribution in [0.3, 0.4) is 0 Å². The van der Waals surface area contributed by atoms with E-state index >= 15 is 0 Å². The van der Waals surface area contributed by atoms with Gasteiger partial charge in [0.25, 0.3) is 0 Å². The van der Waals surface area contributed by atoms with Gasteiger partial charge in [0, 0.05) is 18.3 Å².